The molecule has 1 aromatic rings. The van der Waals surface area contributed by atoms with Gasteiger partial charge in [-0.1, -0.05) is 0 Å². The number of hydrogen-bond donors (Lipinski definition) is 0. The summed E-state index contributed by atoms with van der Waals surface area (Å²) in [4.78, 5) is 3.06. The highest BCUT2D eigenvalue weighted by atomic mass is 19.4. The molecule has 0 aliphatic carbocycles. The van der Waals surface area contributed by atoms with E-state index in [1.54, 1.807) is 6.07 Å². The summed E-state index contributed by atoms with van der Waals surface area (Å²) in [6.07, 6.45) is -8.84. The van der Waals surface area contributed by atoms with Gasteiger partial charge in [0.1, 0.15) is 5.75 Å². The van der Waals surface area contributed by atoms with E-state index in [1.807, 2.05) is 0 Å². The van der Waals surface area contributed by atoms with E-state index in [1.165, 1.54) is 0 Å². The van der Waals surface area contributed by atoms with Gasteiger partial charge in [-0.3, -0.25) is 0 Å². The summed E-state index contributed by atoms with van der Waals surface area (Å²) < 4.78 is 67.6. The van der Waals surface area contributed by atoms with Crippen LogP contribution in [-0.2, 0) is 12.6 Å². The van der Waals surface area contributed by atoms with Gasteiger partial charge in [0.25, 0.3) is 6.43 Å². The van der Waals surface area contributed by atoms with Crippen LogP contribution in [-0.4, -0.2) is 12.1 Å². The molecule has 0 bridgehead atoms. The molecule has 0 aliphatic heterocycles. The van der Waals surface area contributed by atoms with Crippen LogP contribution >= 0.6 is 0 Å². The van der Waals surface area contributed by atoms with Gasteiger partial charge in [0.05, 0.1) is 30.9 Å². The molecule has 0 radical (unpaired) electrons. The predicted molar refractivity (Wildman–Crippen MR) is 50.1 cm³/mol. The Hall–Kier alpha value is -1.91. The Balaban J connectivity index is 3.53. The fourth-order valence-corrected chi connectivity index (χ4v) is 1.35. The van der Waals surface area contributed by atoms with Gasteiger partial charge in [0.2, 0.25) is 0 Å². The van der Waals surface area contributed by atoms with Crippen molar-refractivity contribution in [2.75, 3.05) is 7.11 Å². The fourth-order valence-electron chi connectivity index (χ4n) is 1.35. The average molecular weight is 266 g/mol. The lowest BCUT2D eigenvalue weighted by Crippen LogP contribution is -2.15. The van der Waals surface area contributed by atoms with E-state index in [-0.39, 0.29) is 5.69 Å². The normalized spacial score (nSPS) is 11.4. The molecule has 0 unspecified atom stereocenters. The van der Waals surface area contributed by atoms with Crippen LogP contribution in [0.1, 0.15) is 23.4 Å². The maximum atomic E-state index is 12.6. The van der Waals surface area contributed by atoms with Crippen molar-refractivity contribution < 1.29 is 26.7 Å². The molecule has 0 aromatic carbocycles. The van der Waals surface area contributed by atoms with Crippen LogP contribution in [0.4, 0.5) is 22.0 Å². The van der Waals surface area contributed by atoms with Crippen molar-refractivity contribution in [1.82, 2.24) is 4.98 Å². The number of hydrogen-bond acceptors (Lipinski definition) is 3. The van der Waals surface area contributed by atoms with Crippen LogP contribution in [0.2, 0.25) is 0 Å². The minimum atomic E-state index is -5.04. The van der Waals surface area contributed by atoms with Crippen LogP contribution in [0.3, 0.4) is 0 Å². The van der Waals surface area contributed by atoms with Crippen LogP contribution in [0.15, 0.2) is 6.07 Å². The molecular formula is C10H7F5N2O. The SMILES string of the molecule is COc1cc(CC#N)nc(C(F)(F)F)c1C(F)F. The number of nitrogens with zero attached hydrogens (tertiary/aromatic N) is 2. The van der Waals surface area contributed by atoms with Crippen molar-refractivity contribution in [2.45, 2.75) is 19.0 Å². The predicted octanol–water partition coefficient (Wildman–Crippen LogP) is 3.11. The van der Waals surface area contributed by atoms with Crippen molar-refractivity contribution >= 4 is 0 Å². The molecule has 0 atom stereocenters. The maximum Gasteiger partial charge on any atom is 0.433 e. The molecule has 98 valence electrons. The van der Waals surface area contributed by atoms with E-state index >= 15 is 0 Å². The molecule has 0 saturated heterocycles. The highest BCUT2D eigenvalue weighted by Gasteiger charge is 2.40. The Kier molecular flexibility index (Phi) is 4.06. The molecule has 0 fully saturated rings. The minimum absolute atomic E-state index is 0.272. The molecular weight excluding hydrogens is 259 g/mol. The standard InChI is InChI=1S/C10H7F5N2O/c1-18-6-4-5(2-3-16)17-8(10(13,14)15)7(6)9(11)12/h4,9H,2H2,1H3. The third-order valence-corrected chi connectivity index (χ3v) is 2.04. The first-order chi connectivity index (χ1) is 8.31. The first-order valence-electron chi connectivity index (χ1n) is 4.61. The molecule has 0 amide bonds. The van der Waals surface area contributed by atoms with Gasteiger partial charge in [-0.05, 0) is 0 Å². The Labute approximate surface area is 98.8 Å². The molecule has 0 spiro atoms. The van der Waals surface area contributed by atoms with Crippen LogP contribution in [0.5, 0.6) is 5.75 Å². The maximum absolute atomic E-state index is 12.6. The second-order valence-electron chi connectivity index (χ2n) is 3.21. The van der Waals surface area contributed by atoms with Crippen molar-refractivity contribution in [3.05, 3.63) is 23.0 Å². The fraction of sp³-hybridized carbons (Fsp3) is 0.400. The van der Waals surface area contributed by atoms with E-state index in [9.17, 15) is 22.0 Å². The lowest BCUT2D eigenvalue weighted by molar-refractivity contribution is -0.143. The summed E-state index contributed by atoms with van der Waals surface area (Å²) in [6, 6.07) is 2.49. The zero-order chi connectivity index (χ0) is 13.9. The molecule has 1 aromatic heterocycles. The number of nitriles is 1. The monoisotopic (exact) mass is 266 g/mol. The van der Waals surface area contributed by atoms with E-state index in [0.29, 0.717) is 0 Å². The number of aromatic nitrogens is 1. The smallest absolute Gasteiger partial charge is 0.433 e. The highest BCUT2D eigenvalue weighted by molar-refractivity contribution is 5.41. The van der Waals surface area contributed by atoms with Gasteiger partial charge >= 0.3 is 6.18 Å². The molecule has 8 heteroatoms. The zero-order valence-corrected chi connectivity index (χ0v) is 9.05. The molecule has 18 heavy (non-hydrogen) atoms. The third kappa shape index (κ3) is 2.85. The molecule has 0 N–H and O–H groups in total. The van der Waals surface area contributed by atoms with Crippen molar-refractivity contribution in [3.8, 4) is 11.8 Å². The average Bonchev–Trinajstić information content (AvgIpc) is 2.26. The number of pyridine rings is 1. The van der Waals surface area contributed by atoms with Crippen LogP contribution in [0.25, 0.3) is 0 Å². The minimum Gasteiger partial charge on any atom is -0.496 e. The molecule has 3 nitrogen and oxygen atoms in total. The van der Waals surface area contributed by atoms with E-state index in [4.69, 9.17) is 5.26 Å². The van der Waals surface area contributed by atoms with Crippen molar-refractivity contribution in [1.29, 1.82) is 5.26 Å². The number of halogens is 5. The Morgan fingerprint density at radius 1 is 1.44 bits per heavy atom. The largest absolute Gasteiger partial charge is 0.496 e. The van der Waals surface area contributed by atoms with Gasteiger partial charge < -0.3 is 4.74 Å². The highest BCUT2D eigenvalue weighted by Crippen LogP contribution is 2.40. The molecule has 1 rings (SSSR count). The lowest BCUT2D eigenvalue weighted by Gasteiger charge is -2.15. The molecule has 1 heterocycles. The van der Waals surface area contributed by atoms with Crippen LogP contribution in [0, 0.1) is 11.3 Å². The summed E-state index contributed by atoms with van der Waals surface area (Å²) in [7, 11) is 0.970. The van der Waals surface area contributed by atoms with Gasteiger partial charge in [0, 0.05) is 6.07 Å². The van der Waals surface area contributed by atoms with E-state index < -0.39 is 36.0 Å². The van der Waals surface area contributed by atoms with Gasteiger partial charge in [-0.2, -0.15) is 18.4 Å². The number of rotatable bonds is 3. The van der Waals surface area contributed by atoms with Crippen molar-refractivity contribution in [2.24, 2.45) is 0 Å². The van der Waals surface area contributed by atoms with E-state index in [2.05, 4.69) is 9.72 Å². The third-order valence-electron chi connectivity index (χ3n) is 2.04. The summed E-state index contributed by atoms with van der Waals surface area (Å²) in [5, 5.41) is 8.40. The molecule has 0 aliphatic rings. The first kappa shape index (κ1) is 14.2. The summed E-state index contributed by atoms with van der Waals surface area (Å²) in [5.41, 5.74) is -3.31. The number of alkyl halides is 5. The van der Waals surface area contributed by atoms with Gasteiger partial charge in [-0.15, -0.1) is 0 Å². The first-order valence-corrected chi connectivity index (χ1v) is 4.61. The van der Waals surface area contributed by atoms with Gasteiger partial charge in [0.15, 0.2) is 5.69 Å². The Bertz CT molecular complexity index is 478. The Morgan fingerprint density at radius 3 is 2.44 bits per heavy atom. The Morgan fingerprint density at radius 2 is 2.06 bits per heavy atom. The summed E-state index contributed by atoms with van der Waals surface area (Å²) in [6.45, 7) is 0. The van der Waals surface area contributed by atoms with Crippen molar-refractivity contribution in [3.63, 3.8) is 0 Å². The number of methoxy groups -OCH3 is 1. The topological polar surface area (TPSA) is 45.9 Å². The number of ether oxygens (including phenoxy) is 1. The lowest BCUT2D eigenvalue weighted by atomic mass is 10.1. The second-order valence-corrected chi connectivity index (χ2v) is 3.21. The zero-order valence-electron chi connectivity index (χ0n) is 9.05. The summed E-state index contributed by atoms with van der Waals surface area (Å²) >= 11 is 0. The summed E-state index contributed by atoms with van der Waals surface area (Å²) in [5.74, 6) is -0.627. The van der Waals surface area contributed by atoms with Crippen LogP contribution < -0.4 is 4.74 Å². The van der Waals surface area contributed by atoms with Gasteiger partial charge in [-0.25, -0.2) is 13.8 Å². The second kappa shape index (κ2) is 5.16. The molecule has 0 saturated carbocycles. The quantitative estimate of drug-likeness (QED) is 0.789. The van der Waals surface area contributed by atoms with E-state index in [0.717, 1.165) is 13.2 Å².